The van der Waals surface area contributed by atoms with Crippen molar-refractivity contribution in [3.8, 4) is 5.69 Å². The molecular formula is C27H36F3N5O7S. The second-order valence-corrected chi connectivity index (χ2v) is 13.2. The molecular weight excluding hydrogens is 595 g/mol. The Morgan fingerprint density at radius 2 is 1.77 bits per heavy atom. The SMILES string of the molecule is CS(=O)(=O)O.C[C@H](N)C(=O)O[C@H]1CC[C@H](Nc2cc(-n3nc(C(F)(F)F)c4c3CC(C)(C)CC4=O)ccc2C(N)=O)CC1. The molecule has 238 valence electrons. The van der Waals surface area contributed by atoms with Crippen molar-refractivity contribution in [2.75, 3.05) is 11.6 Å². The highest BCUT2D eigenvalue weighted by Gasteiger charge is 2.45. The summed E-state index contributed by atoms with van der Waals surface area (Å²) in [7, 11) is -3.67. The van der Waals surface area contributed by atoms with Crippen LogP contribution in [0.2, 0.25) is 0 Å². The molecule has 4 rings (SSSR count). The van der Waals surface area contributed by atoms with E-state index in [4.69, 9.17) is 20.8 Å². The van der Waals surface area contributed by atoms with E-state index in [1.54, 1.807) is 6.92 Å². The van der Waals surface area contributed by atoms with Crippen LogP contribution in [0.5, 0.6) is 0 Å². The average molecular weight is 632 g/mol. The van der Waals surface area contributed by atoms with Crippen LogP contribution < -0.4 is 16.8 Å². The lowest BCUT2D eigenvalue weighted by atomic mass is 9.75. The smallest absolute Gasteiger partial charge is 0.435 e. The monoisotopic (exact) mass is 631 g/mol. The van der Waals surface area contributed by atoms with Crippen molar-refractivity contribution in [2.45, 2.75) is 83.7 Å². The predicted molar refractivity (Wildman–Crippen MR) is 150 cm³/mol. The number of aromatic nitrogens is 2. The highest BCUT2D eigenvalue weighted by atomic mass is 32.2. The van der Waals surface area contributed by atoms with E-state index in [1.165, 1.54) is 18.2 Å². The van der Waals surface area contributed by atoms with Crippen molar-refractivity contribution in [3.05, 3.63) is 40.7 Å². The third-order valence-electron chi connectivity index (χ3n) is 7.02. The molecule has 2 aliphatic carbocycles. The molecule has 0 aliphatic heterocycles. The highest BCUT2D eigenvalue weighted by Crippen LogP contribution is 2.42. The van der Waals surface area contributed by atoms with Crippen LogP contribution in [0, 0.1) is 5.41 Å². The molecule has 0 bridgehead atoms. The number of halogens is 3. The summed E-state index contributed by atoms with van der Waals surface area (Å²) in [5, 5.41) is 7.12. The number of benzene rings is 1. The molecule has 16 heteroatoms. The van der Waals surface area contributed by atoms with Gasteiger partial charge in [-0.05, 0) is 62.6 Å². The first kappa shape index (κ1) is 34.0. The number of Topliss-reactive ketones (excluding diaryl/α,β-unsaturated/α-hetero) is 1. The van der Waals surface area contributed by atoms with Gasteiger partial charge in [-0.15, -0.1) is 0 Å². The van der Waals surface area contributed by atoms with E-state index in [-0.39, 0.29) is 41.9 Å². The van der Waals surface area contributed by atoms with E-state index in [0.717, 1.165) is 4.68 Å². The van der Waals surface area contributed by atoms with Crippen LogP contribution in [0.4, 0.5) is 18.9 Å². The molecule has 0 spiro atoms. The molecule has 1 atom stereocenters. The number of hydrogen-bond donors (Lipinski definition) is 4. The Kier molecular flexibility index (Phi) is 9.98. The minimum atomic E-state index is -4.80. The Bertz CT molecular complexity index is 1490. The number of amides is 1. The van der Waals surface area contributed by atoms with Crippen molar-refractivity contribution >= 4 is 33.5 Å². The lowest BCUT2D eigenvalue weighted by molar-refractivity contribution is -0.151. The summed E-state index contributed by atoms with van der Waals surface area (Å²) >= 11 is 0. The van der Waals surface area contributed by atoms with Crippen molar-refractivity contribution < 1.29 is 45.3 Å². The lowest BCUT2D eigenvalue weighted by Crippen LogP contribution is -2.36. The van der Waals surface area contributed by atoms with Crippen LogP contribution in [0.25, 0.3) is 5.69 Å². The van der Waals surface area contributed by atoms with Crippen molar-refractivity contribution in [1.82, 2.24) is 9.78 Å². The van der Waals surface area contributed by atoms with Crippen LogP contribution in [0.15, 0.2) is 18.2 Å². The molecule has 0 unspecified atom stereocenters. The molecule has 2 aliphatic rings. The zero-order valence-electron chi connectivity index (χ0n) is 24.2. The third kappa shape index (κ3) is 9.00. The number of nitrogens with zero attached hydrogens (tertiary/aromatic N) is 2. The minimum absolute atomic E-state index is 0.00955. The summed E-state index contributed by atoms with van der Waals surface area (Å²) < 4.78 is 74.0. The zero-order valence-corrected chi connectivity index (χ0v) is 25.0. The maximum Gasteiger partial charge on any atom is 0.435 e. The molecule has 1 saturated carbocycles. The summed E-state index contributed by atoms with van der Waals surface area (Å²) in [4.78, 5) is 36.7. The van der Waals surface area contributed by atoms with Gasteiger partial charge in [0, 0.05) is 18.2 Å². The second-order valence-electron chi connectivity index (χ2n) is 11.7. The van der Waals surface area contributed by atoms with Crippen LogP contribution in [-0.4, -0.2) is 64.9 Å². The maximum atomic E-state index is 13.8. The first-order valence-corrected chi connectivity index (χ1v) is 15.3. The lowest BCUT2D eigenvalue weighted by Gasteiger charge is -2.31. The fourth-order valence-corrected chi connectivity index (χ4v) is 5.17. The molecule has 0 radical (unpaired) electrons. The average Bonchev–Trinajstić information content (AvgIpc) is 3.23. The minimum Gasteiger partial charge on any atom is -0.461 e. The number of nitrogens with two attached hydrogens (primary N) is 2. The van der Waals surface area contributed by atoms with Crippen molar-refractivity contribution in [2.24, 2.45) is 16.9 Å². The van der Waals surface area contributed by atoms with E-state index < -0.39 is 56.7 Å². The summed E-state index contributed by atoms with van der Waals surface area (Å²) in [6.45, 7) is 5.20. The molecule has 6 N–H and O–H groups in total. The quantitative estimate of drug-likeness (QED) is 0.271. The van der Waals surface area contributed by atoms with Gasteiger partial charge in [0.15, 0.2) is 11.5 Å². The highest BCUT2D eigenvalue weighted by molar-refractivity contribution is 7.85. The molecule has 12 nitrogen and oxygen atoms in total. The van der Waals surface area contributed by atoms with E-state index in [9.17, 15) is 36.0 Å². The molecule has 1 aromatic heterocycles. The predicted octanol–water partition coefficient (Wildman–Crippen LogP) is 3.26. The van der Waals surface area contributed by atoms with E-state index in [1.807, 2.05) is 13.8 Å². The van der Waals surface area contributed by atoms with Gasteiger partial charge in [0.2, 0.25) is 0 Å². The number of nitrogens with one attached hydrogen (secondary N) is 1. The van der Waals surface area contributed by atoms with Crippen molar-refractivity contribution in [1.29, 1.82) is 0 Å². The van der Waals surface area contributed by atoms with Crippen LogP contribution in [0.3, 0.4) is 0 Å². The number of carbonyl (C=O) groups is 3. The maximum absolute atomic E-state index is 13.8. The van der Waals surface area contributed by atoms with Gasteiger partial charge in [-0.2, -0.15) is 26.7 Å². The van der Waals surface area contributed by atoms with Crippen LogP contribution >= 0.6 is 0 Å². The first-order valence-electron chi connectivity index (χ1n) is 13.5. The van der Waals surface area contributed by atoms with Gasteiger partial charge in [0.1, 0.15) is 12.1 Å². The number of primary amides is 1. The summed E-state index contributed by atoms with van der Waals surface area (Å²) in [5.74, 6) is -1.76. The van der Waals surface area contributed by atoms with Gasteiger partial charge in [-0.1, -0.05) is 13.8 Å². The number of hydrogen-bond acceptors (Lipinski definition) is 9. The number of esters is 1. The Balaban J connectivity index is 0.000000934. The number of carbonyl (C=O) groups excluding carboxylic acids is 3. The van der Waals surface area contributed by atoms with Gasteiger partial charge in [-0.25, -0.2) is 4.68 Å². The first-order chi connectivity index (χ1) is 19.7. The van der Waals surface area contributed by atoms with Crippen LogP contribution in [0.1, 0.15) is 85.0 Å². The Hall–Kier alpha value is -3.50. The largest absolute Gasteiger partial charge is 0.461 e. The summed E-state index contributed by atoms with van der Waals surface area (Å²) in [5.41, 5.74) is 9.98. The Morgan fingerprint density at radius 3 is 2.28 bits per heavy atom. The third-order valence-corrected chi connectivity index (χ3v) is 7.02. The summed E-state index contributed by atoms with van der Waals surface area (Å²) in [6, 6.07) is 3.63. The van der Waals surface area contributed by atoms with Gasteiger partial charge in [0.25, 0.3) is 16.0 Å². The number of anilines is 1. The number of rotatable bonds is 6. The fraction of sp³-hybridized carbons (Fsp3) is 0.556. The normalized spacial score (nSPS) is 20.7. The van der Waals surface area contributed by atoms with E-state index in [2.05, 4.69) is 10.4 Å². The van der Waals surface area contributed by atoms with Crippen LogP contribution in [-0.2, 0) is 32.2 Å². The van der Waals surface area contributed by atoms with E-state index in [0.29, 0.717) is 37.6 Å². The Labute approximate surface area is 247 Å². The molecule has 43 heavy (non-hydrogen) atoms. The number of ketones is 1. The molecule has 2 aromatic rings. The molecule has 1 amide bonds. The number of fused-ring (bicyclic) bond motifs is 1. The van der Waals surface area contributed by atoms with Gasteiger partial charge in [0.05, 0.1) is 28.8 Å². The second kappa shape index (κ2) is 12.6. The van der Waals surface area contributed by atoms with E-state index >= 15 is 0 Å². The molecule has 1 heterocycles. The Morgan fingerprint density at radius 1 is 1.19 bits per heavy atom. The topological polar surface area (TPSA) is 197 Å². The molecule has 1 fully saturated rings. The van der Waals surface area contributed by atoms with Gasteiger partial charge >= 0.3 is 12.1 Å². The number of ether oxygens (including phenoxy) is 1. The fourth-order valence-electron chi connectivity index (χ4n) is 5.17. The van der Waals surface area contributed by atoms with Gasteiger partial charge < -0.3 is 21.5 Å². The zero-order chi connectivity index (χ0) is 32.5. The number of alkyl halides is 3. The molecule has 1 aromatic carbocycles. The molecule has 0 saturated heterocycles. The standard InChI is InChI=1S/C26H32F3N5O4.CH4O3S/c1-13(30)24(37)38-16-7-4-14(5-8-16)32-18-10-15(6-9-17(18)23(31)36)34-19-11-25(2,3)12-20(35)21(19)22(33-34)26(27,28)29;1-5(2,3)4/h6,9-10,13-14,16,32H,4-5,7-8,11-12,30H2,1-3H3,(H2,31,36);1H3,(H,2,3,4)/t13-,14-,16-;/m0./s1. The van der Waals surface area contributed by atoms with Crippen molar-refractivity contribution in [3.63, 3.8) is 0 Å². The summed E-state index contributed by atoms with van der Waals surface area (Å²) in [6.07, 6.45) is -1.72. The van der Waals surface area contributed by atoms with Gasteiger partial charge in [-0.3, -0.25) is 18.9 Å².